The van der Waals surface area contributed by atoms with Gasteiger partial charge in [0, 0.05) is 12.1 Å². The molecule has 98 valence electrons. The van der Waals surface area contributed by atoms with Gasteiger partial charge >= 0.3 is 0 Å². The lowest BCUT2D eigenvalue weighted by molar-refractivity contribution is -0.123. The zero-order chi connectivity index (χ0) is 12.3. The van der Waals surface area contributed by atoms with Gasteiger partial charge in [-0.1, -0.05) is 26.2 Å². The number of carbonyl (C=O) groups excluding carboxylic acids is 1. The molecule has 3 unspecified atom stereocenters. The third-order valence-corrected chi connectivity index (χ3v) is 4.14. The van der Waals surface area contributed by atoms with Crippen LogP contribution in [0.5, 0.6) is 0 Å². The average Bonchev–Trinajstić information content (AvgIpc) is 2.82. The van der Waals surface area contributed by atoms with E-state index in [1.54, 1.807) is 0 Å². The van der Waals surface area contributed by atoms with E-state index in [0.29, 0.717) is 12.1 Å². The monoisotopic (exact) mass is 238 g/mol. The second kappa shape index (κ2) is 5.85. The third kappa shape index (κ3) is 3.70. The van der Waals surface area contributed by atoms with Crippen molar-refractivity contribution in [3.05, 3.63) is 0 Å². The van der Waals surface area contributed by atoms with Crippen molar-refractivity contribution in [3.63, 3.8) is 0 Å². The largest absolute Gasteiger partial charge is 0.352 e. The summed E-state index contributed by atoms with van der Waals surface area (Å²) >= 11 is 0. The van der Waals surface area contributed by atoms with E-state index in [4.69, 9.17) is 0 Å². The van der Waals surface area contributed by atoms with Crippen LogP contribution in [0, 0.1) is 5.92 Å². The second-order valence-electron chi connectivity index (χ2n) is 5.77. The van der Waals surface area contributed by atoms with Crippen LogP contribution in [0.4, 0.5) is 0 Å². The summed E-state index contributed by atoms with van der Waals surface area (Å²) in [5.41, 5.74) is 0. The van der Waals surface area contributed by atoms with E-state index in [0.717, 1.165) is 5.92 Å². The highest BCUT2D eigenvalue weighted by Gasteiger charge is 2.37. The Balaban J connectivity index is 1.65. The van der Waals surface area contributed by atoms with Gasteiger partial charge in [0.1, 0.15) is 0 Å². The summed E-state index contributed by atoms with van der Waals surface area (Å²) in [6, 6.07) is 1.01. The molecule has 17 heavy (non-hydrogen) atoms. The lowest BCUT2D eigenvalue weighted by atomic mass is 10.2. The zero-order valence-electron chi connectivity index (χ0n) is 11.2. The normalized spacial score (nSPS) is 30.2. The van der Waals surface area contributed by atoms with Crippen molar-refractivity contribution in [2.75, 3.05) is 0 Å². The maximum Gasteiger partial charge on any atom is 0.237 e. The molecule has 0 aromatic heterocycles. The van der Waals surface area contributed by atoms with Gasteiger partial charge in [0.25, 0.3) is 0 Å². The van der Waals surface area contributed by atoms with Crippen LogP contribution in [0.25, 0.3) is 0 Å². The van der Waals surface area contributed by atoms with E-state index in [1.165, 1.54) is 44.9 Å². The summed E-state index contributed by atoms with van der Waals surface area (Å²) in [4.78, 5) is 12.0. The number of carbonyl (C=O) groups is 1. The minimum absolute atomic E-state index is 0.0255. The van der Waals surface area contributed by atoms with Crippen molar-refractivity contribution in [2.24, 2.45) is 5.92 Å². The predicted molar refractivity (Wildman–Crippen MR) is 69.8 cm³/mol. The van der Waals surface area contributed by atoms with Gasteiger partial charge in [-0.05, 0) is 38.5 Å². The summed E-state index contributed by atoms with van der Waals surface area (Å²) in [5.74, 6) is 1.01. The Labute approximate surface area is 105 Å². The van der Waals surface area contributed by atoms with Crippen molar-refractivity contribution >= 4 is 5.91 Å². The van der Waals surface area contributed by atoms with Crippen molar-refractivity contribution in [2.45, 2.75) is 76.9 Å². The smallest absolute Gasteiger partial charge is 0.237 e. The number of hydrogen-bond donors (Lipinski definition) is 2. The topological polar surface area (TPSA) is 41.1 Å². The van der Waals surface area contributed by atoms with Crippen molar-refractivity contribution in [3.8, 4) is 0 Å². The molecule has 0 saturated heterocycles. The van der Waals surface area contributed by atoms with Crippen LogP contribution in [-0.2, 0) is 4.79 Å². The molecule has 0 aromatic carbocycles. The van der Waals surface area contributed by atoms with Crippen molar-refractivity contribution in [1.29, 1.82) is 0 Å². The fourth-order valence-corrected chi connectivity index (χ4v) is 2.93. The molecule has 3 nitrogen and oxygen atoms in total. The fraction of sp³-hybridized carbons (Fsp3) is 0.929. The third-order valence-electron chi connectivity index (χ3n) is 4.14. The van der Waals surface area contributed by atoms with Gasteiger partial charge in [0.05, 0.1) is 6.04 Å². The van der Waals surface area contributed by atoms with Crippen LogP contribution in [0.15, 0.2) is 0 Å². The quantitative estimate of drug-likeness (QED) is 0.745. The lowest BCUT2D eigenvalue weighted by Crippen LogP contribution is -2.46. The maximum atomic E-state index is 12.0. The Bertz CT molecular complexity index is 261. The Morgan fingerprint density at radius 3 is 2.71 bits per heavy atom. The maximum absolute atomic E-state index is 12.0. The Hall–Kier alpha value is -0.570. The molecule has 2 aliphatic rings. The molecule has 2 rings (SSSR count). The first-order chi connectivity index (χ1) is 8.20. The first kappa shape index (κ1) is 12.9. The van der Waals surface area contributed by atoms with Gasteiger partial charge < -0.3 is 10.6 Å². The number of hydrogen-bond acceptors (Lipinski definition) is 2. The molecule has 0 heterocycles. The molecule has 2 saturated carbocycles. The Morgan fingerprint density at radius 1 is 1.35 bits per heavy atom. The first-order valence-corrected chi connectivity index (χ1v) is 7.27. The van der Waals surface area contributed by atoms with Crippen LogP contribution in [0.2, 0.25) is 0 Å². The summed E-state index contributed by atoms with van der Waals surface area (Å²) in [6.07, 6.45) is 8.69. The molecular formula is C14H26N2O. The minimum Gasteiger partial charge on any atom is -0.352 e. The molecule has 3 atom stereocenters. The lowest BCUT2D eigenvalue weighted by Gasteiger charge is -2.17. The summed E-state index contributed by atoms with van der Waals surface area (Å²) in [5, 5.41) is 6.61. The van der Waals surface area contributed by atoms with Gasteiger partial charge in [-0.2, -0.15) is 0 Å². The highest BCUT2D eigenvalue weighted by Crippen LogP contribution is 2.34. The summed E-state index contributed by atoms with van der Waals surface area (Å²) < 4.78 is 0. The van der Waals surface area contributed by atoms with E-state index in [9.17, 15) is 4.79 Å². The molecule has 0 bridgehead atoms. The summed E-state index contributed by atoms with van der Waals surface area (Å²) in [7, 11) is 0. The molecule has 0 aliphatic heterocycles. The number of amides is 1. The highest BCUT2D eigenvalue weighted by atomic mass is 16.2. The second-order valence-corrected chi connectivity index (χ2v) is 5.77. The van der Waals surface area contributed by atoms with E-state index < -0.39 is 0 Å². The van der Waals surface area contributed by atoms with Gasteiger partial charge in [-0.15, -0.1) is 0 Å². The molecule has 3 heteroatoms. The molecule has 0 spiro atoms. The van der Waals surface area contributed by atoms with Crippen LogP contribution in [0.1, 0.15) is 58.8 Å². The van der Waals surface area contributed by atoms with Crippen LogP contribution in [-0.4, -0.2) is 24.0 Å². The van der Waals surface area contributed by atoms with Gasteiger partial charge in [0.15, 0.2) is 0 Å². The predicted octanol–water partition coefficient (Wildman–Crippen LogP) is 2.21. The average molecular weight is 238 g/mol. The van der Waals surface area contributed by atoms with Crippen molar-refractivity contribution in [1.82, 2.24) is 10.6 Å². The minimum atomic E-state index is -0.0255. The molecule has 1 amide bonds. The molecule has 0 radical (unpaired) electrons. The van der Waals surface area contributed by atoms with E-state index in [2.05, 4.69) is 17.6 Å². The van der Waals surface area contributed by atoms with E-state index >= 15 is 0 Å². The first-order valence-electron chi connectivity index (χ1n) is 7.27. The van der Waals surface area contributed by atoms with Crippen LogP contribution in [0.3, 0.4) is 0 Å². The van der Waals surface area contributed by atoms with Gasteiger partial charge in [0.2, 0.25) is 5.91 Å². The van der Waals surface area contributed by atoms with Gasteiger partial charge in [-0.25, -0.2) is 0 Å². The zero-order valence-corrected chi connectivity index (χ0v) is 11.2. The standard InChI is InChI=1S/C14H26N2O/c1-3-6-11-9-13(11)15-10(2)14(17)16-12-7-4-5-8-12/h10-13,15H,3-9H2,1-2H3,(H,16,17). The summed E-state index contributed by atoms with van der Waals surface area (Å²) in [6.45, 7) is 4.22. The Morgan fingerprint density at radius 2 is 2.06 bits per heavy atom. The molecule has 2 N–H and O–H groups in total. The van der Waals surface area contributed by atoms with Gasteiger partial charge in [-0.3, -0.25) is 4.79 Å². The SMILES string of the molecule is CCCC1CC1NC(C)C(=O)NC1CCCC1. The van der Waals surface area contributed by atoms with Crippen molar-refractivity contribution < 1.29 is 4.79 Å². The highest BCUT2D eigenvalue weighted by molar-refractivity contribution is 5.81. The fourth-order valence-electron chi connectivity index (χ4n) is 2.93. The number of nitrogens with one attached hydrogen (secondary N) is 2. The van der Waals surface area contributed by atoms with Crippen LogP contribution >= 0.6 is 0 Å². The molecule has 2 aliphatic carbocycles. The number of rotatable bonds is 6. The Kier molecular flexibility index (Phi) is 4.43. The molecule has 2 fully saturated rings. The molecular weight excluding hydrogens is 212 g/mol. The van der Waals surface area contributed by atoms with E-state index in [-0.39, 0.29) is 11.9 Å². The molecule has 0 aromatic rings. The van der Waals surface area contributed by atoms with Crippen LogP contribution < -0.4 is 10.6 Å². The van der Waals surface area contributed by atoms with E-state index in [1.807, 2.05) is 6.92 Å².